The number of hydrogen-bond donors (Lipinski definition) is 1. The number of nitrogens with one attached hydrogen (secondary N) is 1. The average molecular weight is 512 g/mol. The van der Waals surface area contributed by atoms with Crippen molar-refractivity contribution < 1.29 is 28.5 Å². The van der Waals surface area contributed by atoms with E-state index in [0.717, 1.165) is 23.3 Å². The van der Waals surface area contributed by atoms with Gasteiger partial charge < -0.3 is 18.9 Å². The van der Waals surface area contributed by atoms with E-state index in [2.05, 4.69) is 19.2 Å². The zero-order valence-corrected chi connectivity index (χ0v) is 21.4. The van der Waals surface area contributed by atoms with Gasteiger partial charge in [-0.1, -0.05) is 37.0 Å². The van der Waals surface area contributed by atoms with E-state index < -0.39 is 11.9 Å². The Hall–Kier alpha value is -2.48. The fourth-order valence-electron chi connectivity index (χ4n) is 3.17. The lowest BCUT2D eigenvalue weighted by Crippen LogP contribution is -2.31. The Labute approximate surface area is 210 Å². The highest BCUT2D eigenvalue weighted by Crippen LogP contribution is 2.39. The first-order valence-electron chi connectivity index (χ1n) is 11.1. The molecule has 2 rings (SSSR count). The zero-order valence-electron chi connectivity index (χ0n) is 19.9. The van der Waals surface area contributed by atoms with Gasteiger partial charge in [0.05, 0.1) is 43.5 Å². The summed E-state index contributed by atoms with van der Waals surface area (Å²) in [5.41, 5.74) is 1.84. The first-order valence-corrected chi connectivity index (χ1v) is 11.9. The van der Waals surface area contributed by atoms with Crippen molar-refractivity contribution in [3.05, 3.63) is 51.5 Å². The van der Waals surface area contributed by atoms with Crippen LogP contribution in [0.3, 0.4) is 0 Å². The minimum atomic E-state index is -0.474. The molecule has 0 aliphatic rings. The number of hydrogen-bond acceptors (Lipinski definition) is 7. The molecule has 1 unspecified atom stereocenters. The second-order valence-corrected chi connectivity index (χ2v) is 8.40. The molecule has 0 bridgehead atoms. The third-order valence-electron chi connectivity index (χ3n) is 5.12. The van der Waals surface area contributed by atoms with Gasteiger partial charge in [0.2, 0.25) is 0 Å². The Kier molecular flexibility index (Phi) is 11.5. The van der Waals surface area contributed by atoms with Crippen molar-refractivity contribution >= 4 is 35.1 Å². The van der Waals surface area contributed by atoms with Crippen LogP contribution in [0.1, 0.15) is 44.2 Å². The molecule has 0 heterocycles. The fraction of sp³-hybridized carbons (Fsp3) is 0.440. The second kappa shape index (κ2) is 14.0. The van der Waals surface area contributed by atoms with Crippen molar-refractivity contribution in [3.63, 3.8) is 0 Å². The van der Waals surface area contributed by atoms with Crippen LogP contribution in [0.15, 0.2) is 30.3 Å². The van der Waals surface area contributed by atoms with Crippen molar-refractivity contribution in [3.8, 4) is 17.2 Å². The van der Waals surface area contributed by atoms with Crippen molar-refractivity contribution in [1.82, 2.24) is 5.32 Å². The van der Waals surface area contributed by atoms with Crippen molar-refractivity contribution in [1.29, 1.82) is 0 Å². The van der Waals surface area contributed by atoms with E-state index in [1.807, 2.05) is 12.1 Å². The maximum atomic E-state index is 11.8. The lowest BCUT2D eigenvalue weighted by atomic mass is 9.97. The smallest absolute Gasteiger partial charge is 0.319 e. The van der Waals surface area contributed by atoms with E-state index in [1.54, 1.807) is 32.2 Å². The molecule has 0 fully saturated rings. The van der Waals surface area contributed by atoms with Gasteiger partial charge in [0.1, 0.15) is 11.5 Å². The van der Waals surface area contributed by atoms with Crippen LogP contribution in [-0.2, 0) is 25.5 Å². The quantitative estimate of drug-likeness (QED) is 0.353. The van der Waals surface area contributed by atoms with Gasteiger partial charge in [-0.25, -0.2) is 0 Å². The molecule has 2 aromatic carbocycles. The SMILES string of the molecule is CCOC(=O)CNCC(=O)OCCc1cc(Cl)c(Oc2ccc(OC)c(C(C)CC)c2)c(Cl)c1. The van der Waals surface area contributed by atoms with Crippen LogP contribution in [0, 0.1) is 0 Å². The summed E-state index contributed by atoms with van der Waals surface area (Å²) >= 11 is 12.9. The molecular formula is C25H31Cl2NO6. The van der Waals surface area contributed by atoms with Crippen molar-refractivity contribution in [2.24, 2.45) is 0 Å². The first kappa shape index (κ1) is 27.8. The zero-order chi connectivity index (χ0) is 25.1. The van der Waals surface area contributed by atoms with Crippen molar-refractivity contribution in [2.45, 2.75) is 39.5 Å². The molecule has 0 saturated carbocycles. The van der Waals surface area contributed by atoms with Gasteiger partial charge in [0, 0.05) is 12.0 Å². The van der Waals surface area contributed by atoms with E-state index in [1.165, 1.54) is 0 Å². The summed E-state index contributed by atoms with van der Waals surface area (Å²) in [4.78, 5) is 23.0. The monoisotopic (exact) mass is 511 g/mol. The molecule has 0 spiro atoms. The Morgan fingerprint density at radius 2 is 1.65 bits per heavy atom. The molecule has 0 amide bonds. The third kappa shape index (κ3) is 8.38. The lowest BCUT2D eigenvalue weighted by Gasteiger charge is -2.17. The number of carbonyl (C=O) groups is 2. The highest BCUT2D eigenvalue weighted by Gasteiger charge is 2.15. The molecule has 0 radical (unpaired) electrons. The standard InChI is InChI=1S/C25H31Cl2NO6/c1-5-16(3)19-13-18(7-8-22(19)31-4)34-25-20(26)11-17(12-21(25)27)9-10-33-24(30)15-28-14-23(29)32-6-2/h7-8,11-13,16,28H,5-6,9-10,14-15H2,1-4H3. The van der Waals surface area contributed by atoms with Gasteiger partial charge in [-0.15, -0.1) is 0 Å². The van der Waals surface area contributed by atoms with Gasteiger partial charge in [-0.2, -0.15) is 0 Å². The molecular weight excluding hydrogens is 481 g/mol. The summed E-state index contributed by atoms with van der Waals surface area (Å²) in [6, 6.07) is 9.07. The summed E-state index contributed by atoms with van der Waals surface area (Å²) < 4.78 is 21.4. The van der Waals surface area contributed by atoms with E-state index in [4.69, 9.17) is 42.1 Å². The van der Waals surface area contributed by atoms with Crippen LogP contribution in [0.25, 0.3) is 0 Å². The number of ether oxygens (including phenoxy) is 4. The number of rotatable bonds is 13. The van der Waals surface area contributed by atoms with Gasteiger partial charge in [0.15, 0.2) is 5.75 Å². The molecule has 0 aliphatic heterocycles. The highest BCUT2D eigenvalue weighted by atomic mass is 35.5. The summed E-state index contributed by atoms with van der Waals surface area (Å²) in [7, 11) is 1.64. The van der Waals surface area contributed by atoms with E-state index in [9.17, 15) is 9.59 Å². The van der Waals surface area contributed by atoms with Crippen molar-refractivity contribution in [2.75, 3.05) is 33.4 Å². The van der Waals surface area contributed by atoms with Gasteiger partial charge in [0.25, 0.3) is 0 Å². The van der Waals surface area contributed by atoms with E-state index >= 15 is 0 Å². The molecule has 0 aromatic heterocycles. The van der Waals surface area contributed by atoms with Crippen LogP contribution in [-0.4, -0.2) is 45.4 Å². The fourth-order valence-corrected chi connectivity index (χ4v) is 3.77. The molecule has 34 heavy (non-hydrogen) atoms. The van der Waals surface area contributed by atoms with Crippen LogP contribution in [0.2, 0.25) is 10.0 Å². The summed E-state index contributed by atoms with van der Waals surface area (Å²) in [6.07, 6.45) is 1.38. The number of halogens is 2. The molecule has 2 aromatic rings. The second-order valence-electron chi connectivity index (χ2n) is 7.58. The topological polar surface area (TPSA) is 83.1 Å². The summed E-state index contributed by atoms with van der Waals surface area (Å²) in [5, 5.41) is 3.38. The minimum absolute atomic E-state index is 0.0529. The summed E-state index contributed by atoms with van der Waals surface area (Å²) in [6.45, 7) is 6.24. The van der Waals surface area contributed by atoms with Gasteiger partial charge >= 0.3 is 11.9 Å². The van der Waals surface area contributed by atoms with Crippen LogP contribution in [0.5, 0.6) is 17.2 Å². The molecule has 0 aliphatic carbocycles. The minimum Gasteiger partial charge on any atom is -0.496 e. The normalized spacial score (nSPS) is 11.6. The number of esters is 2. The Balaban J connectivity index is 1.95. The van der Waals surface area contributed by atoms with Gasteiger partial charge in [-0.05, 0) is 55.2 Å². The van der Waals surface area contributed by atoms with Crippen LogP contribution < -0.4 is 14.8 Å². The Morgan fingerprint density at radius 1 is 1.00 bits per heavy atom. The van der Waals surface area contributed by atoms with Crippen LogP contribution in [0.4, 0.5) is 0 Å². The maximum Gasteiger partial charge on any atom is 0.319 e. The first-order chi connectivity index (χ1) is 16.3. The number of methoxy groups -OCH3 is 1. The highest BCUT2D eigenvalue weighted by molar-refractivity contribution is 6.37. The van der Waals surface area contributed by atoms with Gasteiger partial charge in [-0.3, -0.25) is 14.9 Å². The predicted octanol–water partition coefficient (Wildman–Crippen LogP) is 5.55. The van der Waals surface area contributed by atoms with Crippen LogP contribution >= 0.6 is 23.2 Å². The predicted molar refractivity (Wildman–Crippen MR) is 132 cm³/mol. The maximum absolute atomic E-state index is 11.8. The third-order valence-corrected chi connectivity index (χ3v) is 5.68. The Morgan fingerprint density at radius 3 is 2.24 bits per heavy atom. The molecule has 7 nitrogen and oxygen atoms in total. The Bertz CT molecular complexity index is 959. The molecule has 1 atom stereocenters. The van der Waals surface area contributed by atoms with E-state index in [-0.39, 0.29) is 19.7 Å². The summed E-state index contributed by atoms with van der Waals surface area (Å²) in [5.74, 6) is 1.17. The molecule has 9 heteroatoms. The molecule has 0 saturated heterocycles. The molecule has 1 N–H and O–H groups in total. The average Bonchev–Trinajstić information content (AvgIpc) is 2.81. The number of benzene rings is 2. The number of carbonyl (C=O) groups excluding carboxylic acids is 2. The van der Waals surface area contributed by atoms with E-state index in [0.29, 0.717) is 40.5 Å². The lowest BCUT2D eigenvalue weighted by molar-refractivity contribution is -0.143. The largest absolute Gasteiger partial charge is 0.496 e. The molecule has 186 valence electrons.